The second-order valence-corrected chi connectivity index (χ2v) is 20.7. The molecule has 0 spiro atoms. The highest BCUT2D eigenvalue weighted by Crippen LogP contribution is 2.37. The number of carboxylic acid groups (broad SMARTS) is 1. The lowest BCUT2D eigenvalue weighted by Crippen LogP contribution is -2.52. The van der Waals surface area contributed by atoms with Crippen LogP contribution < -0.4 is 0 Å². The van der Waals surface area contributed by atoms with Gasteiger partial charge >= 0.3 is 5.97 Å². The Morgan fingerprint density at radius 2 is 1.23 bits per heavy atom. The molecular weight excluding hydrogens is 993 g/mol. The average molecular weight is 1050 g/mol. The minimum Gasteiger partial charge on any atom is -0.480 e. The van der Waals surface area contributed by atoms with Crippen LogP contribution in [0, 0.1) is 29.3 Å². The lowest BCUT2D eigenvalue weighted by molar-refractivity contribution is -0.147. The molecule has 4 saturated heterocycles. The molecule has 0 bridgehead atoms. The van der Waals surface area contributed by atoms with Crippen molar-refractivity contribution in [2.24, 2.45) is 11.8 Å². The maximum absolute atomic E-state index is 13.4. The van der Waals surface area contributed by atoms with Crippen LogP contribution in [0.15, 0.2) is 91.5 Å². The van der Waals surface area contributed by atoms with Gasteiger partial charge in [0.2, 0.25) is 11.8 Å². The second-order valence-electron chi connectivity index (χ2n) is 19.9. The largest absolute Gasteiger partial charge is 0.480 e. The Balaban J connectivity index is 0.000000182. The number of aliphatic carboxylic acids is 1. The molecule has 0 aliphatic carbocycles. The van der Waals surface area contributed by atoms with Crippen LogP contribution in [0.1, 0.15) is 85.5 Å². The zero-order valence-corrected chi connectivity index (χ0v) is 42.5. The van der Waals surface area contributed by atoms with Crippen LogP contribution in [0.5, 0.6) is 0 Å². The SMILES string of the molecule is O=C(/C=C/c1ccc(Cl)c(Cl)c1)N1CCC(C(CO)N2CCC(c3c[nH]c4ncccc34)CC2)CC1.O=C(O)C(C1CCN(C(=O)/C=C/c2cc(F)c(F)c(F)c2)CC1)N1CCC(c2c[nH]c3cccnc23)CC1. The van der Waals surface area contributed by atoms with E-state index in [4.69, 9.17) is 23.2 Å². The number of fused-ring (bicyclic) bond motifs is 2. The fourth-order valence-corrected chi connectivity index (χ4v) is 11.9. The highest BCUT2D eigenvalue weighted by Gasteiger charge is 2.39. The van der Waals surface area contributed by atoms with Gasteiger partial charge in [-0.3, -0.25) is 29.2 Å². The quantitative estimate of drug-likeness (QED) is 0.0691. The van der Waals surface area contributed by atoms with E-state index in [1.54, 1.807) is 35.4 Å². The second kappa shape index (κ2) is 24.1. The lowest BCUT2D eigenvalue weighted by atomic mass is 9.85. The first-order valence-electron chi connectivity index (χ1n) is 25.5. The summed E-state index contributed by atoms with van der Waals surface area (Å²) in [6.45, 7) is 5.68. The molecule has 4 aromatic heterocycles. The van der Waals surface area contributed by atoms with E-state index in [0.717, 1.165) is 86.0 Å². The smallest absolute Gasteiger partial charge is 0.321 e. The van der Waals surface area contributed by atoms with Crippen molar-refractivity contribution in [3.63, 3.8) is 0 Å². The van der Waals surface area contributed by atoms with Crippen molar-refractivity contribution >= 4 is 75.2 Å². The van der Waals surface area contributed by atoms with Gasteiger partial charge in [0.1, 0.15) is 11.7 Å². The summed E-state index contributed by atoms with van der Waals surface area (Å²) >= 11 is 12.0. The molecule has 4 aliphatic heterocycles. The Morgan fingerprint density at radius 3 is 1.85 bits per heavy atom. The number of pyridine rings is 2. The average Bonchev–Trinajstić information content (AvgIpc) is 4.06. The van der Waals surface area contributed by atoms with E-state index in [1.165, 1.54) is 28.7 Å². The van der Waals surface area contributed by atoms with Crippen molar-refractivity contribution in [2.75, 3.05) is 59.0 Å². The number of aliphatic hydroxyl groups excluding tert-OH is 1. The molecule has 0 radical (unpaired) electrons. The number of hydrogen-bond acceptors (Lipinski definition) is 8. The maximum Gasteiger partial charge on any atom is 0.321 e. The van der Waals surface area contributed by atoms with E-state index < -0.39 is 29.5 Å². The number of amides is 2. The number of aromatic nitrogens is 4. The van der Waals surface area contributed by atoms with Gasteiger partial charge in [-0.1, -0.05) is 29.3 Å². The molecule has 10 rings (SSSR count). The summed E-state index contributed by atoms with van der Waals surface area (Å²) in [5, 5.41) is 22.6. The Kier molecular flexibility index (Phi) is 17.2. The Hall–Kier alpha value is -6.04. The predicted molar refractivity (Wildman–Crippen MR) is 281 cm³/mol. The van der Waals surface area contributed by atoms with Crippen LogP contribution >= 0.6 is 23.2 Å². The van der Waals surface area contributed by atoms with Crippen molar-refractivity contribution in [3.05, 3.63) is 141 Å². The first-order valence-corrected chi connectivity index (χ1v) is 26.3. The molecule has 4 N–H and O–H groups in total. The van der Waals surface area contributed by atoms with Crippen LogP contribution in [0.3, 0.4) is 0 Å². The number of carboxylic acids is 1. The predicted octanol–water partition coefficient (Wildman–Crippen LogP) is 9.93. The monoisotopic (exact) mass is 1050 g/mol. The molecule has 13 nitrogen and oxygen atoms in total. The minimum atomic E-state index is -1.55. The summed E-state index contributed by atoms with van der Waals surface area (Å²) in [4.78, 5) is 61.2. The molecule has 4 fully saturated rings. The number of H-pyrrole nitrogens is 2. The number of halogens is 5. The van der Waals surface area contributed by atoms with E-state index >= 15 is 0 Å². The summed E-state index contributed by atoms with van der Waals surface area (Å²) in [7, 11) is 0. The van der Waals surface area contributed by atoms with Gasteiger partial charge in [0.05, 0.1) is 27.7 Å². The Labute approximate surface area is 438 Å². The van der Waals surface area contributed by atoms with E-state index in [-0.39, 0.29) is 35.9 Å². The van der Waals surface area contributed by atoms with Crippen molar-refractivity contribution in [1.29, 1.82) is 0 Å². The molecule has 2 unspecified atom stereocenters. The van der Waals surface area contributed by atoms with Gasteiger partial charge in [-0.15, -0.1) is 0 Å². The fraction of sp³-hybridized carbons (Fsp3) is 0.411. The number of aromatic amines is 2. The number of piperidine rings is 4. The van der Waals surface area contributed by atoms with Crippen molar-refractivity contribution in [1.82, 2.24) is 39.5 Å². The summed E-state index contributed by atoms with van der Waals surface area (Å²) in [5.41, 5.74) is 6.36. The number of rotatable bonds is 12. The number of carbonyl (C=O) groups excluding carboxylic acids is 2. The van der Waals surface area contributed by atoms with Crippen LogP contribution in [0.4, 0.5) is 13.2 Å². The number of benzene rings is 2. The molecule has 2 atom stereocenters. The zero-order valence-electron chi connectivity index (χ0n) is 41.0. The lowest BCUT2D eigenvalue weighted by Gasteiger charge is -2.43. The summed E-state index contributed by atoms with van der Waals surface area (Å²) in [5.74, 6) is -4.23. The third-order valence-corrected chi connectivity index (χ3v) is 16.4. The maximum atomic E-state index is 13.4. The highest BCUT2D eigenvalue weighted by molar-refractivity contribution is 6.42. The Bertz CT molecular complexity index is 2970. The van der Waals surface area contributed by atoms with Crippen LogP contribution in [0.25, 0.3) is 34.2 Å². The molecule has 4 aliphatic rings. The highest BCUT2D eigenvalue weighted by atomic mass is 35.5. The number of nitrogens with zero attached hydrogens (tertiary/aromatic N) is 6. The van der Waals surface area contributed by atoms with Gasteiger partial charge in [-0.2, -0.15) is 0 Å². The van der Waals surface area contributed by atoms with Gasteiger partial charge < -0.3 is 30.0 Å². The number of likely N-dealkylation sites (tertiary alicyclic amines) is 4. The molecule has 390 valence electrons. The van der Waals surface area contributed by atoms with Crippen molar-refractivity contribution < 1.29 is 37.8 Å². The van der Waals surface area contributed by atoms with Crippen LogP contribution in [-0.2, 0) is 14.4 Å². The van der Waals surface area contributed by atoms with Gasteiger partial charge in [0.15, 0.2) is 17.5 Å². The van der Waals surface area contributed by atoms with Crippen LogP contribution in [-0.4, -0.2) is 139 Å². The van der Waals surface area contributed by atoms with Crippen molar-refractivity contribution in [2.45, 2.75) is 75.3 Å². The molecule has 0 saturated carbocycles. The fourth-order valence-electron chi connectivity index (χ4n) is 11.6. The number of hydrogen-bond donors (Lipinski definition) is 4. The normalized spacial score (nSPS) is 19.1. The summed E-state index contributed by atoms with van der Waals surface area (Å²) < 4.78 is 40.0. The third kappa shape index (κ3) is 12.2. The van der Waals surface area contributed by atoms with Crippen molar-refractivity contribution in [3.8, 4) is 0 Å². The zero-order chi connectivity index (χ0) is 51.9. The first kappa shape index (κ1) is 52.8. The minimum absolute atomic E-state index is 0.00843. The van der Waals surface area contributed by atoms with Gasteiger partial charge in [0, 0.05) is 74.5 Å². The van der Waals surface area contributed by atoms with E-state index in [1.807, 2.05) is 41.6 Å². The van der Waals surface area contributed by atoms with Gasteiger partial charge in [0.25, 0.3) is 0 Å². The van der Waals surface area contributed by atoms with Gasteiger partial charge in [-0.25, -0.2) is 18.2 Å². The van der Waals surface area contributed by atoms with E-state index in [9.17, 15) is 37.8 Å². The number of nitrogens with one attached hydrogen (secondary N) is 2. The molecule has 74 heavy (non-hydrogen) atoms. The topological polar surface area (TPSA) is 162 Å². The Morgan fingerprint density at radius 1 is 0.662 bits per heavy atom. The number of carbonyl (C=O) groups is 3. The number of aliphatic hydroxyl groups is 1. The summed E-state index contributed by atoms with van der Waals surface area (Å²) in [6.07, 6.45) is 20.3. The molecule has 6 aromatic rings. The molecule has 2 aromatic carbocycles. The molecular formula is C56H61Cl2F3N8O5. The molecule has 8 heterocycles. The van der Waals surface area contributed by atoms with Gasteiger partial charge in [-0.05, 0) is 184 Å². The summed E-state index contributed by atoms with van der Waals surface area (Å²) in [6, 6.07) is 14.5. The third-order valence-electron chi connectivity index (χ3n) is 15.7. The molecule has 2 amide bonds. The molecule has 18 heteroatoms. The standard InChI is InChI=1S/C28H32Cl2N4O2.C28H29F3N4O3/c29-24-5-3-19(16-25(24)30)4-6-27(36)34-14-9-21(10-15-34)26(18-35)33-12-7-20(8-13-33)23-17-32-28-22(23)2-1-11-31-28;29-21-14-17(15-22(30)25(21)31)3-4-24(36)34-10-7-19(8-11-34)27(28(37)38)35-12-5-18(6-13-35)20-16-33-23-2-1-9-32-26(20)23/h1-6,11,16-17,20-21,26,35H,7-10,12-15,18H2,(H,31,32);1-4,9,14-16,18-19,27,33H,5-8,10-13H2,(H,37,38)/b6-4+;4-3+. The van der Waals surface area contributed by atoms with Crippen LogP contribution in [0.2, 0.25) is 10.0 Å². The first-order chi connectivity index (χ1) is 35.8. The van der Waals surface area contributed by atoms with E-state index in [0.29, 0.717) is 79.9 Å². The van der Waals surface area contributed by atoms with E-state index in [2.05, 4.69) is 42.0 Å².